The largest absolute Gasteiger partial charge is 0.356 e. The Bertz CT molecular complexity index is 467. The molecule has 1 fully saturated rings. The van der Waals surface area contributed by atoms with Crippen molar-refractivity contribution in [3.63, 3.8) is 0 Å². The van der Waals surface area contributed by atoms with E-state index in [1.165, 1.54) is 11.1 Å². The molecule has 1 saturated heterocycles. The average molecular weight is 289 g/mol. The normalized spacial score (nSPS) is 18.4. The van der Waals surface area contributed by atoms with Crippen LogP contribution in [0.5, 0.6) is 0 Å². The molecule has 4 heteroatoms. The van der Waals surface area contributed by atoms with Crippen molar-refractivity contribution >= 4 is 5.91 Å². The molecule has 1 unspecified atom stereocenters. The highest BCUT2D eigenvalue weighted by molar-refractivity contribution is 5.72. The number of piperidine rings is 1. The molecule has 1 aromatic carbocycles. The van der Waals surface area contributed by atoms with E-state index in [2.05, 4.69) is 41.4 Å². The first-order chi connectivity index (χ1) is 10.1. The van der Waals surface area contributed by atoms with Gasteiger partial charge >= 0.3 is 0 Å². The summed E-state index contributed by atoms with van der Waals surface area (Å²) < 4.78 is 0. The number of likely N-dealkylation sites (tertiary alicyclic amines) is 1. The molecule has 1 amide bonds. The summed E-state index contributed by atoms with van der Waals surface area (Å²) in [6, 6.07) is 8.83. The number of carbonyl (C=O) groups excluding carboxylic acids is 1. The molecule has 21 heavy (non-hydrogen) atoms. The summed E-state index contributed by atoms with van der Waals surface area (Å²) in [5.74, 6) is 0.664. The third-order valence-corrected chi connectivity index (χ3v) is 4.50. The maximum absolute atomic E-state index is 11.0. The number of rotatable bonds is 5. The summed E-state index contributed by atoms with van der Waals surface area (Å²) in [5, 5.41) is 2.93. The third kappa shape index (κ3) is 4.29. The fourth-order valence-corrected chi connectivity index (χ4v) is 3.19. The fourth-order valence-electron chi connectivity index (χ4n) is 3.19. The van der Waals surface area contributed by atoms with Crippen molar-refractivity contribution in [1.82, 2.24) is 10.2 Å². The monoisotopic (exact) mass is 289 g/mol. The summed E-state index contributed by atoms with van der Waals surface area (Å²) in [4.78, 5) is 13.5. The SMILES string of the molecule is CC(=O)NCC1CCN(C(CN)c2ccccc2C)CC1. The summed E-state index contributed by atoms with van der Waals surface area (Å²) in [6.07, 6.45) is 2.26. The quantitative estimate of drug-likeness (QED) is 0.869. The van der Waals surface area contributed by atoms with Crippen molar-refractivity contribution in [1.29, 1.82) is 0 Å². The van der Waals surface area contributed by atoms with Crippen molar-refractivity contribution < 1.29 is 4.79 Å². The van der Waals surface area contributed by atoms with Gasteiger partial charge in [-0.2, -0.15) is 0 Å². The molecule has 1 aliphatic heterocycles. The van der Waals surface area contributed by atoms with Crippen LogP contribution < -0.4 is 11.1 Å². The molecule has 3 N–H and O–H groups in total. The first-order valence-electron chi connectivity index (χ1n) is 7.86. The van der Waals surface area contributed by atoms with Gasteiger partial charge in [0.25, 0.3) is 0 Å². The molecular formula is C17H27N3O. The number of aryl methyl sites for hydroxylation is 1. The van der Waals surface area contributed by atoms with Crippen LogP contribution >= 0.6 is 0 Å². The van der Waals surface area contributed by atoms with Crippen LogP contribution in [0.1, 0.15) is 36.9 Å². The van der Waals surface area contributed by atoms with Crippen molar-refractivity contribution in [3.05, 3.63) is 35.4 Å². The standard InChI is InChI=1S/C17H27N3O/c1-13-5-3-4-6-16(13)17(11-18)20-9-7-15(8-10-20)12-19-14(2)21/h3-6,15,17H,7-12,18H2,1-2H3,(H,19,21). The predicted octanol–water partition coefficient (Wildman–Crippen LogP) is 1.84. The van der Waals surface area contributed by atoms with E-state index in [1.807, 2.05) is 0 Å². The minimum absolute atomic E-state index is 0.0668. The van der Waals surface area contributed by atoms with Gasteiger partial charge in [-0.1, -0.05) is 24.3 Å². The number of hydrogen-bond donors (Lipinski definition) is 2. The first kappa shape index (κ1) is 16.0. The van der Waals surface area contributed by atoms with Crippen LogP contribution in [0.2, 0.25) is 0 Å². The van der Waals surface area contributed by atoms with Gasteiger partial charge in [0, 0.05) is 26.1 Å². The second-order valence-corrected chi connectivity index (χ2v) is 6.02. The molecule has 2 rings (SSSR count). The van der Waals surface area contributed by atoms with Gasteiger partial charge in [-0.15, -0.1) is 0 Å². The topological polar surface area (TPSA) is 58.4 Å². The lowest BCUT2D eigenvalue weighted by atomic mass is 9.93. The van der Waals surface area contributed by atoms with E-state index in [9.17, 15) is 4.79 Å². The molecule has 4 nitrogen and oxygen atoms in total. The van der Waals surface area contributed by atoms with Gasteiger partial charge in [0.1, 0.15) is 0 Å². The van der Waals surface area contributed by atoms with Gasteiger partial charge in [0.2, 0.25) is 5.91 Å². The molecule has 0 spiro atoms. The molecule has 1 aliphatic rings. The zero-order valence-corrected chi connectivity index (χ0v) is 13.1. The van der Waals surface area contributed by atoms with Gasteiger partial charge in [-0.3, -0.25) is 9.69 Å². The zero-order chi connectivity index (χ0) is 15.2. The molecule has 0 aliphatic carbocycles. The van der Waals surface area contributed by atoms with Crippen LogP contribution in [0, 0.1) is 12.8 Å². The van der Waals surface area contributed by atoms with E-state index in [4.69, 9.17) is 5.73 Å². The fraction of sp³-hybridized carbons (Fsp3) is 0.588. The Labute approximate surface area is 127 Å². The Balaban J connectivity index is 1.94. The van der Waals surface area contributed by atoms with Gasteiger partial charge < -0.3 is 11.1 Å². The molecule has 0 saturated carbocycles. The highest BCUT2D eigenvalue weighted by Crippen LogP contribution is 2.27. The Hall–Kier alpha value is -1.39. The summed E-state index contributed by atoms with van der Waals surface area (Å²) in [7, 11) is 0. The molecule has 0 aromatic heterocycles. The molecular weight excluding hydrogens is 262 g/mol. The van der Waals surface area contributed by atoms with Crippen LogP contribution in [-0.2, 0) is 4.79 Å². The average Bonchev–Trinajstić information content (AvgIpc) is 2.49. The summed E-state index contributed by atoms with van der Waals surface area (Å²) in [6.45, 7) is 7.31. The Kier molecular flexibility index (Phi) is 5.76. The van der Waals surface area contributed by atoms with E-state index >= 15 is 0 Å². The Morgan fingerprint density at radius 2 is 2.05 bits per heavy atom. The maximum atomic E-state index is 11.0. The first-order valence-corrected chi connectivity index (χ1v) is 7.86. The lowest BCUT2D eigenvalue weighted by Crippen LogP contribution is -2.42. The number of carbonyl (C=O) groups is 1. The summed E-state index contributed by atoms with van der Waals surface area (Å²) in [5.41, 5.74) is 8.70. The molecule has 1 heterocycles. The van der Waals surface area contributed by atoms with Gasteiger partial charge in [-0.05, 0) is 49.9 Å². The van der Waals surface area contributed by atoms with E-state index in [-0.39, 0.29) is 5.91 Å². The Morgan fingerprint density at radius 3 is 2.62 bits per heavy atom. The molecule has 0 radical (unpaired) electrons. The van der Waals surface area contributed by atoms with E-state index in [0.717, 1.165) is 32.5 Å². The Morgan fingerprint density at radius 1 is 1.38 bits per heavy atom. The highest BCUT2D eigenvalue weighted by atomic mass is 16.1. The van der Waals surface area contributed by atoms with Crippen LogP contribution in [0.15, 0.2) is 24.3 Å². The van der Waals surface area contributed by atoms with Crippen molar-refractivity contribution in [2.45, 2.75) is 32.7 Å². The van der Waals surface area contributed by atoms with Gasteiger partial charge in [0.15, 0.2) is 0 Å². The minimum atomic E-state index is 0.0668. The van der Waals surface area contributed by atoms with E-state index in [0.29, 0.717) is 18.5 Å². The minimum Gasteiger partial charge on any atom is -0.356 e. The second kappa shape index (κ2) is 7.57. The number of nitrogens with two attached hydrogens (primary N) is 1. The van der Waals surface area contributed by atoms with Crippen molar-refractivity contribution in [3.8, 4) is 0 Å². The third-order valence-electron chi connectivity index (χ3n) is 4.50. The zero-order valence-electron chi connectivity index (χ0n) is 13.1. The van der Waals surface area contributed by atoms with Gasteiger partial charge in [-0.25, -0.2) is 0 Å². The van der Waals surface area contributed by atoms with E-state index < -0.39 is 0 Å². The smallest absolute Gasteiger partial charge is 0.216 e. The van der Waals surface area contributed by atoms with Crippen LogP contribution in [0.3, 0.4) is 0 Å². The molecule has 1 atom stereocenters. The van der Waals surface area contributed by atoms with Crippen LogP contribution in [0.25, 0.3) is 0 Å². The maximum Gasteiger partial charge on any atom is 0.216 e. The van der Waals surface area contributed by atoms with E-state index in [1.54, 1.807) is 6.92 Å². The number of nitrogens with zero attached hydrogens (tertiary/aromatic N) is 1. The molecule has 1 aromatic rings. The highest BCUT2D eigenvalue weighted by Gasteiger charge is 2.26. The number of hydrogen-bond acceptors (Lipinski definition) is 3. The lowest BCUT2D eigenvalue weighted by molar-refractivity contribution is -0.119. The molecule has 0 bridgehead atoms. The summed E-state index contributed by atoms with van der Waals surface area (Å²) >= 11 is 0. The van der Waals surface area contributed by atoms with Crippen molar-refractivity contribution in [2.24, 2.45) is 11.7 Å². The number of amides is 1. The van der Waals surface area contributed by atoms with Crippen LogP contribution in [-0.4, -0.2) is 37.0 Å². The van der Waals surface area contributed by atoms with Crippen LogP contribution in [0.4, 0.5) is 0 Å². The molecule has 116 valence electrons. The number of benzene rings is 1. The number of nitrogens with one attached hydrogen (secondary N) is 1. The van der Waals surface area contributed by atoms with Crippen molar-refractivity contribution in [2.75, 3.05) is 26.2 Å². The second-order valence-electron chi connectivity index (χ2n) is 6.02. The van der Waals surface area contributed by atoms with Gasteiger partial charge in [0.05, 0.1) is 0 Å². The predicted molar refractivity (Wildman–Crippen MR) is 86.0 cm³/mol. The lowest BCUT2D eigenvalue weighted by Gasteiger charge is -2.38.